The number of ether oxygens (including phenoxy) is 3. The monoisotopic (exact) mass is 265 g/mol. The first-order chi connectivity index (χ1) is 9.31. The second-order valence-corrected chi connectivity index (χ2v) is 4.66. The Labute approximate surface area is 113 Å². The third kappa shape index (κ3) is 3.90. The Hall–Kier alpha value is -1.67. The van der Waals surface area contributed by atoms with Crippen molar-refractivity contribution in [3.63, 3.8) is 0 Å². The minimum Gasteiger partial charge on any atom is -0.494 e. The summed E-state index contributed by atoms with van der Waals surface area (Å²) in [7, 11) is 0. The normalized spacial score (nSPS) is 19.9. The van der Waals surface area contributed by atoms with Crippen LogP contribution in [0.2, 0.25) is 0 Å². The highest BCUT2D eigenvalue weighted by molar-refractivity contribution is 5.91. The largest absolute Gasteiger partial charge is 0.494 e. The molecule has 0 bridgehead atoms. The van der Waals surface area contributed by atoms with Gasteiger partial charge in [-0.2, -0.15) is 0 Å². The van der Waals surface area contributed by atoms with E-state index in [1.165, 1.54) is 6.26 Å². The van der Waals surface area contributed by atoms with E-state index in [0.29, 0.717) is 38.1 Å². The van der Waals surface area contributed by atoms with Crippen molar-refractivity contribution in [3.05, 3.63) is 12.0 Å². The lowest BCUT2D eigenvalue weighted by atomic mass is 9.97. The average molecular weight is 265 g/mol. The van der Waals surface area contributed by atoms with Gasteiger partial charge in [-0.3, -0.25) is 4.79 Å². The van der Waals surface area contributed by atoms with Gasteiger partial charge >= 0.3 is 0 Å². The summed E-state index contributed by atoms with van der Waals surface area (Å²) in [4.78, 5) is 13.9. The lowest BCUT2D eigenvalue weighted by molar-refractivity contribution is -0.133. The molecule has 0 aromatic heterocycles. The molecule has 0 unspecified atom stereocenters. The maximum Gasteiger partial charge on any atom is 0.292 e. The maximum atomic E-state index is 12.1. The standard InChI is InChI=1S/C14H19NO4/c1-2-7-17-10-12-3-5-15(6-4-12)14(16)13-11-18-8-9-19-13/h1,11-12H,3-10H2. The number of hydrogen-bond donors (Lipinski definition) is 0. The molecule has 0 aliphatic carbocycles. The van der Waals surface area contributed by atoms with Crippen LogP contribution >= 0.6 is 0 Å². The van der Waals surface area contributed by atoms with E-state index in [-0.39, 0.29) is 5.91 Å². The van der Waals surface area contributed by atoms with Crippen molar-refractivity contribution in [2.45, 2.75) is 12.8 Å². The first kappa shape index (κ1) is 13.8. The Bertz CT molecular complexity index is 377. The van der Waals surface area contributed by atoms with Crippen molar-refractivity contribution in [2.24, 2.45) is 5.92 Å². The molecule has 2 aliphatic rings. The molecule has 0 saturated carbocycles. The fraction of sp³-hybridized carbons (Fsp3) is 0.643. The molecule has 1 amide bonds. The molecule has 2 heterocycles. The highest BCUT2D eigenvalue weighted by Crippen LogP contribution is 2.20. The minimum absolute atomic E-state index is 0.0808. The van der Waals surface area contributed by atoms with Gasteiger partial charge < -0.3 is 19.1 Å². The van der Waals surface area contributed by atoms with Gasteiger partial charge in [-0.15, -0.1) is 6.42 Å². The number of likely N-dealkylation sites (tertiary alicyclic amines) is 1. The second-order valence-electron chi connectivity index (χ2n) is 4.66. The maximum absolute atomic E-state index is 12.1. The molecule has 2 aliphatic heterocycles. The molecule has 0 aromatic carbocycles. The first-order valence-corrected chi connectivity index (χ1v) is 6.56. The SMILES string of the molecule is C#CCOCC1CCN(C(=O)C2=COCCO2)CC1. The van der Waals surface area contributed by atoms with Gasteiger partial charge in [0.25, 0.3) is 5.91 Å². The molecule has 0 spiro atoms. The zero-order valence-corrected chi connectivity index (χ0v) is 11.0. The Morgan fingerprint density at radius 2 is 2.26 bits per heavy atom. The molecule has 1 fully saturated rings. The van der Waals surface area contributed by atoms with Crippen LogP contribution in [-0.2, 0) is 19.0 Å². The Morgan fingerprint density at radius 1 is 1.47 bits per heavy atom. The van der Waals surface area contributed by atoms with Crippen LogP contribution in [0.1, 0.15) is 12.8 Å². The van der Waals surface area contributed by atoms with Gasteiger partial charge in [0.2, 0.25) is 5.76 Å². The third-order valence-electron chi connectivity index (χ3n) is 3.30. The molecule has 0 aromatic rings. The van der Waals surface area contributed by atoms with E-state index in [0.717, 1.165) is 25.9 Å². The summed E-state index contributed by atoms with van der Waals surface area (Å²) in [6.45, 7) is 3.43. The van der Waals surface area contributed by atoms with Crippen molar-refractivity contribution in [1.82, 2.24) is 4.90 Å². The molecular formula is C14H19NO4. The van der Waals surface area contributed by atoms with Gasteiger partial charge in [-0.25, -0.2) is 0 Å². The number of carbonyl (C=O) groups excluding carboxylic acids is 1. The number of terminal acetylenes is 1. The van der Waals surface area contributed by atoms with Crippen molar-refractivity contribution >= 4 is 5.91 Å². The van der Waals surface area contributed by atoms with Crippen LogP contribution in [0.15, 0.2) is 12.0 Å². The van der Waals surface area contributed by atoms with E-state index in [9.17, 15) is 4.79 Å². The lowest BCUT2D eigenvalue weighted by Gasteiger charge is -2.32. The number of amides is 1. The van der Waals surface area contributed by atoms with E-state index < -0.39 is 0 Å². The molecule has 19 heavy (non-hydrogen) atoms. The highest BCUT2D eigenvalue weighted by atomic mass is 16.6. The zero-order valence-electron chi connectivity index (χ0n) is 11.0. The molecule has 0 atom stereocenters. The average Bonchev–Trinajstić information content (AvgIpc) is 2.48. The summed E-state index contributed by atoms with van der Waals surface area (Å²) in [5.41, 5.74) is 0. The number of carbonyl (C=O) groups is 1. The fourth-order valence-corrected chi connectivity index (χ4v) is 2.22. The molecule has 0 radical (unpaired) electrons. The van der Waals surface area contributed by atoms with Gasteiger partial charge in [0.05, 0.1) is 6.61 Å². The predicted molar refractivity (Wildman–Crippen MR) is 68.9 cm³/mol. The Balaban J connectivity index is 1.75. The van der Waals surface area contributed by atoms with Crippen LogP contribution in [0.25, 0.3) is 0 Å². The third-order valence-corrected chi connectivity index (χ3v) is 3.30. The van der Waals surface area contributed by atoms with Gasteiger partial charge in [0, 0.05) is 13.1 Å². The van der Waals surface area contributed by atoms with Crippen LogP contribution in [-0.4, -0.2) is 50.3 Å². The molecule has 5 heteroatoms. The summed E-state index contributed by atoms with van der Waals surface area (Å²) in [6.07, 6.45) is 8.41. The molecule has 104 valence electrons. The molecule has 2 rings (SSSR count). The van der Waals surface area contributed by atoms with E-state index in [1.807, 2.05) is 0 Å². The lowest BCUT2D eigenvalue weighted by Crippen LogP contribution is -2.41. The summed E-state index contributed by atoms with van der Waals surface area (Å²) in [5.74, 6) is 3.17. The highest BCUT2D eigenvalue weighted by Gasteiger charge is 2.26. The van der Waals surface area contributed by atoms with Crippen LogP contribution in [0.5, 0.6) is 0 Å². The van der Waals surface area contributed by atoms with Crippen LogP contribution in [0, 0.1) is 18.3 Å². The van der Waals surface area contributed by atoms with Crippen LogP contribution < -0.4 is 0 Å². The quantitative estimate of drug-likeness (QED) is 0.556. The van der Waals surface area contributed by atoms with Crippen LogP contribution in [0.3, 0.4) is 0 Å². The van der Waals surface area contributed by atoms with Gasteiger partial charge in [0.1, 0.15) is 26.1 Å². The van der Waals surface area contributed by atoms with E-state index in [1.54, 1.807) is 4.90 Å². The van der Waals surface area contributed by atoms with E-state index >= 15 is 0 Å². The van der Waals surface area contributed by atoms with Crippen molar-refractivity contribution < 1.29 is 19.0 Å². The smallest absolute Gasteiger partial charge is 0.292 e. The molecule has 1 saturated heterocycles. The number of piperidine rings is 1. The predicted octanol–water partition coefficient (Wildman–Crippen LogP) is 0.763. The fourth-order valence-electron chi connectivity index (χ4n) is 2.22. The number of nitrogens with zero attached hydrogens (tertiary/aromatic N) is 1. The summed E-state index contributed by atoms with van der Waals surface area (Å²) < 4.78 is 15.7. The Morgan fingerprint density at radius 3 is 2.89 bits per heavy atom. The van der Waals surface area contributed by atoms with E-state index in [4.69, 9.17) is 20.6 Å². The van der Waals surface area contributed by atoms with Gasteiger partial charge in [-0.1, -0.05) is 5.92 Å². The summed E-state index contributed by atoms with van der Waals surface area (Å²) in [5, 5.41) is 0. The van der Waals surface area contributed by atoms with Crippen molar-refractivity contribution in [1.29, 1.82) is 0 Å². The van der Waals surface area contributed by atoms with Crippen molar-refractivity contribution in [3.8, 4) is 12.3 Å². The topological polar surface area (TPSA) is 48.0 Å². The first-order valence-electron chi connectivity index (χ1n) is 6.56. The van der Waals surface area contributed by atoms with E-state index in [2.05, 4.69) is 5.92 Å². The summed E-state index contributed by atoms with van der Waals surface area (Å²) >= 11 is 0. The molecule has 0 N–H and O–H groups in total. The minimum atomic E-state index is -0.0808. The number of rotatable bonds is 4. The zero-order chi connectivity index (χ0) is 13.5. The number of hydrogen-bond acceptors (Lipinski definition) is 4. The van der Waals surface area contributed by atoms with Crippen LogP contribution in [0.4, 0.5) is 0 Å². The summed E-state index contributed by atoms with van der Waals surface area (Å²) in [6, 6.07) is 0. The van der Waals surface area contributed by atoms with Gasteiger partial charge in [-0.05, 0) is 18.8 Å². The molecule has 5 nitrogen and oxygen atoms in total. The van der Waals surface area contributed by atoms with Crippen molar-refractivity contribution in [2.75, 3.05) is 39.5 Å². The molecular weight excluding hydrogens is 246 g/mol. The second kappa shape index (κ2) is 7.05. The Kier molecular flexibility index (Phi) is 5.10. The van der Waals surface area contributed by atoms with Gasteiger partial charge in [0.15, 0.2) is 0 Å².